The summed E-state index contributed by atoms with van der Waals surface area (Å²) in [5.41, 5.74) is 7.71. The first-order valence-corrected chi connectivity index (χ1v) is 11.4. The van der Waals surface area contributed by atoms with Crippen molar-refractivity contribution in [3.8, 4) is 0 Å². The fraction of sp³-hybridized carbons (Fsp3) is 0.179. The number of rotatable bonds is 4. The molecule has 0 amide bonds. The number of aliphatic imine (C=N–C) groups is 1. The van der Waals surface area contributed by atoms with Crippen molar-refractivity contribution in [1.82, 2.24) is 0 Å². The maximum atomic E-state index is 5.12. The summed E-state index contributed by atoms with van der Waals surface area (Å²) in [5, 5.41) is 0. The van der Waals surface area contributed by atoms with Crippen molar-refractivity contribution >= 4 is 23.2 Å². The third-order valence-electron chi connectivity index (χ3n) is 6.15. The van der Waals surface area contributed by atoms with Crippen molar-refractivity contribution in [2.24, 2.45) is 4.99 Å². The number of fused-ring (bicyclic) bond motifs is 2. The summed E-state index contributed by atoms with van der Waals surface area (Å²) in [7, 11) is 0. The SMILES string of the molecule is CC(C1=C2Sc3ccc(C(C)c4ccccc4)cc3N=C2CC=C1)c1ccccc1. The molecular formula is C28H25NS. The summed E-state index contributed by atoms with van der Waals surface area (Å²) in [6, 6.07) is 28.3. The Morgan fingerprint density at radius 2 is 1.43 bits per heavy atom. The van der Waals surface area contributed by atoms with Gasteiger partial charge in [0.25, 0.3) is 0 Å². The monoisotopic (exact) mass is 407 g/mol. The van der Waals surface area contributed by atoms with E-state index in [0.717, 1.165) is 12.1 Å². The lowest BCUT2D eigenvalue weighted by Crippen LogP contribution is -2.12. The molecule has 2 atom stereocenters. The summed E-state index contributed by atoms with van der Waals surface area (Å²) in [5.74, 6) is 0.716. The van der Waals surface area contributed by atoms with Gasteiger partial charge in [-0.05, 0) is 34.4 Å². The Morgan fingerprint density at radius 3 is 2.13 bits per heavy atom. The van der Waals surface area contributed by atoms with E-state index >= 15 is 0 Å². The number of nitrogens with zero attached hydrogens (tertiary/aromatic N) is 1. The van der Waals surface area contributed by atoms with Crippen LogP contribution < -0.4 is 0 Å². The van der Waals surface area contributed by atoms with E-state index in [1.54, 1.807) is 0 Å². The molecular weight excluding hydrogens is 382 g/mol. The second kappa shape index (κ2) is 8.12. The molecule has 3 aromatic carbocycles. The zero-order valence-corrected chi connectivity index (χ0v) is 18.2. The molecule has 0 radical (unpaired) electrons. The first-order valence-electron chi connectivity index (χ1n) is 10.6. The summed E-state index contributed by atoms with van der Waals surface area (Å²) < 4.78 is 0. The molecule has 1 aliphatic heterocycles. The van der Waals surface area contributed by atoms with Crippen LogP contribution in [0.5, 0.6) is 0 Å². The molecule has 1 heterocycles. The van der Waals surface area contributed by atoms with Gasteiger partial charge < -0.3 is 0 Å². The van der Waals surface area contributed by atoms with Gasteiger partial charge in [-0.15, -0.1) is 0 Å². The van der Waals surface area contributed by atoms with Crippen LogP contribution in [0.1, 0.15) is 48.8 Å². The molecule has 0 N–H and O–H groups in total. The molecule has 0 saturated heterocycles. The van der Waals surface area contributed by atoms with Crippen LogP contribution in [0, 0.1) is 0 Å². The molecule has 30 heavy (non-hydrogen) atoms. The molecule has 5 rings (SSSR count). The van der Waals surface area contributed by atoms with Crippen molar-refractivity contribution in [3.63, 3.8) is 0 Å². The van der Waals surface area contributed by atoms with Gasteiger partial charge in [0.2, 0.25) is 0 Å². The predicted molar refractivity (Wildman–Crippen MR) is 129 cm³/mol. The molecule has 0 aromatic heterocycles. The van der Waals surface area contributed by atoms with Gasteiger partial charge in [-0.25, -0.2) is 0 Å². The number of hydrogen-bond donors (Lipinski definition) is 0. The molecule has 1 aliphatic carbocycles. The summed E-state index contributed by atoms with van der Waals surface area (Å²) in [6.45, 7) is 4.57. The van der Waals surface area contributed by atoms with E-state index < -0.39 is 0 Å². The van der Waals surface area contributed by atoms with E-state index in [2.05, 4.69) is 105 Å². The Bertz CT molecular complexity index is 1160. The lowest BCUT2D eigenvalue weighted by Gasteiger charge is -2.26. The van der Waals surface area contributed by atoms with Gasteiger partial charge in [0.1, 0.15) is 0 Å². The zero-order valence-electron chi connectivity index (χ0n) is 17.4. The maximum Gasteiger partial charge on any atom is 0.0775 e. The normalized spacial score (nSPS) is 17.1. The fourth-order valence-corrected chi connectivity index (χ4v) is 5.45. The van der Waals surface area contributed by atoms with Crippen molar-refractivity contribution in [2.45, 2.75) is 37.0 Å². The van der Waals surface area contributed by atoms with Gasteiger partial charge in [0.15, 0.2) is 0 Å². The molecule has 1 nitrogen and oxygen atoms in total. The fourth-order valence-electron chi connectivity index (χ4n) is 4.28. The third kappa shape index (κ3) is 3.57. The highest BCUT2D eigenvalue weighted by Gasteiger charge is 2.26. The van der Waals surface area contributed by atoms with Crippen molar-refractivity contribution in [3.05, 3.63) is 118 Å². The number of allylic oxidation sites excluding steroid dienone is 4. The minimum absolute atomic E-state index is 0.356. The van der Waals surface area contributed by atoms with Gasteiger partial charge in [-0.3, -0.25) is 4.99 Å². The van der Waals surface area contributed by atoms with Crippen molar-refractivity contribution in [1.29, 1.82) is 0 Å². The number of hydrogen-bond acceptors (Lipinski definition) is 2. The molecule has 0 bridgehead atoms. The Kier molecular flexibility index (Phi) is 5.18. The topological polar surface area (TPSA) is 12.4 Å². The highest BCUT2D eigenvalue weighted by atomic mass is 32.2. The zero-order chi connectivity index (χ0) is 20.5. The summed E-state index contributed by atoms with van der Waals surface area (Å²) in [6.07, 6.45) is 5.47. The van der Waals surface area contributed by atoms with Crippen molar-refractivity contribution in [2.75, 3.05) is 0 Å². The predicted octanol–water partition coefficient (Wildman–Crippen LogP) is 8.03. The van der Waals surface area contributed by atoms with Crippen LogP contribution in [-0.4, -0.2) is 5.71 Å². The van der Waals surface area contributed by atoms with Crippen LogP contribution in [0.3, 0.4) is 0 Å². The standard InChI is InChI=1S/C28H25NS/c1-19(21-10-5-3-6-11-21)23-16-17-27-26(18-23)29-25-15-9-14-24(28(25)30-27)20(2)22-12-7-4-8-13-22/h3-14,16-20H,15H2,1-2H3. The molecule has 2 heteroatoms. The van der Waals surface area contributed by atoms with Gasteiger partial charge in [0.05, 0.1) is 11.4 Å². The van der Waals surface area contributed by atoms with Gasteiger partial charge in [0, 0.05) is 28.1 Å². The van der Waals surface area contributed by atoms with E-state index in [4.69, 9.17) is 4.99 Å². The average molecular weight is 408 g/mol. The second-order valence-corrected chi connectivity index (χ2v) is 9.10. The second-order valence-electron chi connectivity index (χ2n) is 8.04. The van der Waals surface area contributed by atoms with Crippen LogP contribution in [0.25, 0.3) is 0 Å². The molecule has 0 fully saturated rings. The van der Waals surface area contributed by atoms with E-state index in [9.17, 15) is 0 Å². The Labute approximate surface area is 183 Å². The minimum atomic E-state index is 0.356. The Morgan fingerprint density at radius 1 is 0.767 bits per heavy atom. The van der Waals surface area contributed by atoms with E-state index in [1.165, 1.54) is 37.8 Å². The van der Waals surface area contributed by atoms with Gasteiger partial charge in [-0.1, -0.05) is 104 Å². The van der Waals surface area contributed by atoms with Crippen LogP contribution in [-0.2, 0) is 0 Å². The van der Waals surface area contributed by atoms with Gasteiger partial charge >= 0.3 is 0 Å². The van der Waals surface area contributed by atoms with Crippen LogP contribution >= 0.6 is 11.8 Å². The Hall–Kier alpha value is -2.84. The van der Waals surface area contributed by atoms with Crippen LogP contribution in [0.2, 0.25) is 0 Å². The first-order chi connectivity index (χ1) is 14.7. The highest BCUT2D eigenvalue weighted by molar-refractivity contribution is 8.04. The molecule has 3 aromatic rings. The lowest BCUT2D eigenvalue weighted by molar-refractivity contribution is 0.914. The number of benzene rings is 3. The third-order valence-corrected chi connectivity index (χ3v) is 7.39. The molecule has 148 valence electrons. The Balaban J connectivity index is 1.50. The largest absolute Gasteiger partial charge is 0.251 e. The van der Waals surface area contributed by atoms with E-state index in [0.29, 0.717) is 11.8 Å². The van der Waals surface area contributed by atoms with Crippen LogP contribution in [0.15, 0.2) is 111 Å². The highest BCUT2D eigenvalue weighted by Crippen LogP contribution is 2.47. The molecule has 2 unspecified atom stereocenters. The molecule has 0 saturated carbocycles. The van der Waals surface area contributed by atoms with Crippen molar-refractivity contribution < 1.29 is 0 Å². The average Bonchev–Trinajstić information content (AvgIpc) is 2.82. The van der Waals surface area contributed by atoms with E-state index in [-0.39, 0.29) is 0 Å². The van der Waals surface area contributed by atoms with E-state index in [1.807, 2.05) is 11.8 Å². The minimum Gasteiger partial charge on any atom is -0.251 e. The molecule has 0 spiro atoms. The lowest BCUT2D eigenvalue weighted by atomic mass is 9.88. The summed E-state index contributed by atoms with van der Waals surface area (Å²) in [4.78, 5) is 7.71. The van der Waals surface area contributed by atoms with Gasteiger partial charge in [-0.2, -0.15) is 0 Å². The quantitative estimate of drug-likeness (QED) is 0.426. The number of thioether (sulfide) groups is 1. The van der Waals surface area contributed by atoms with Crippen LogP contribution in [0.4, 0.5) is 5.69 Å². The first kappa shape index (κ1) is 19.1. The molecule has 2 aliphatic rings. The maximum absolute atomic E-state index is 5.12. The summed E-state index contributed by atoms with van der Waals surface area (Å²) >= 11 is 1.89. The smallest absolute Gasteiger partial charge is 0.0775 e.